The van der Waals surface area contributed by atoms with Gasteiger partial charge in [0.15, 0.2) is 0 Å². The minimum absolute atomic E-state index is 0.0197. The second kappa shape index (κ2) is 4.83. The van der Waals surface area contributed by atoms with Crippen LogP contribution in [0.2, 0.25) is 0 Å². The molecule has 0 spiro atoms. The number of allylic oxidation sites excluding steroid dienone is 3. The van der Waals surface area contributed by atoms with Crippen molar-refractivity contribution < 1.29 is 4.79 Å². The number of hydrogen-bond acceptors (Lipinski definition) is 1. The molecule has 4 aliphatic rings. The summed E-state index contributed by atoms with van der Waals surface area (Å²) < 4.78 is 0. The average molecular weight is 284 g/mol. The largest absolute Gasteiger partial charge is 0.299 e. The van der Waals surface area contributed by atoms with Gasteiger partial charge in [0.05, 0.1) is 0 Å². The molecular formula is C20H28O. The van der Waals surface area contributed by atoms with Crippen LogP contribution in [0.3, 0.4) is 0 Å². The van der Waals surface area contributed by atoms with E-state index in [2.05, 4.69) is 19.6 Å². The molecule has 0 heterocycles. The number of fused-ring (bicyclic) bond motifs is 5. The zero-order valence-electron chi connectivity index (χ0n) is 13.4. The van der Waals surface area contributed by atoms with Crippen molar-refractivity contribution in [3.63, 3.8) is 0 Å². The predicted octanol–water partition coefficient (Wildman–Crippen LogP) is 5.07. The predicted molar refractivity (Wildman–Crippen MR) is 85.9 cm³/mol. The molecule has 0 aromatic heterocycles. The standard InChI is InChI=1S/C20H28O/c1-3-20-12-13(2)19-15-7-5-4-6-14(15)8-9-16(19)17(20)10-11-18(20)21/h6,15-17,19H,2-5,7-12H2,1H3/t15-,16+,17-,19-,20+/m1/s1. The lowest BCUT2D eigenvalue weighted by atomic mass is 9.50. The second-order valence-corrected chi connectivity index (χ2v) is 7.96. The van der Waals surface area contributed by atoms with Crippen LogP contribution >= 0.6 is 0 Å². The van der Waals surface area contributed by atoms with E-state index < -0.39 is 0 Å². The number of carbonyl (C=O) groups excluding carboxylic acids is 1. The molecule has 4 rings (SSSR count). The van der Waals surface area contributed by atoms with Crippen molar-refractivity contribution in [3.8, 4) is 0 Å². The van der Waals surface area contributed by atoms with Crippen molar-refractivity contribution in [1.82, 2.24) is 0 Å². The highest BCUT2D eigenvalue weighted by atomic mass is 16.1. The smallest absolute Gasteiger partial charge is 0.139 e. The third-order valence-corrected chi connectivity index (χ3v) is 7.37. The first-order valence-corrected chi connectivity index (χ1v) is 9.07. The van der Waals surface area contributed by atoms with E-state index in [4.69, 9.17) is 0 Å². The average Bonchev–Trinajstić information content (AvgIpc) is 2.84. The van der Waals surface area contributed by atoms with E-state index in [9.17, 15) is 4.79 Å². The van der Waals surface area contributed by atoms with Gasteiger partial charge < -0.3 is 0 Å². The Kier molecular flexibility index (Phi) is 3.17. The Labute approximate surface area is 128 Å². The Hall–Kier alpha value is -0.850. The van der Waals surface area contributed by atoms with Gasteiger partial charge in [-0.1, -0.05) is 30.7 Å². The molecule has 0 aromatic rings. The van der Waals surface area contributed by atoms with Crippen LogP contribution in [0.15, 0.2) is 23.8 Å². The van der Waals surface area contributed by atoms with Crippen LogP contribution in [0.5, 0.6) is 0 Å². The molecule has 0 unspecified atom stereocenters. The summed E-state index contributed by atoms with van der Waals surface area (Å²) in [5.41, 5.74) is 3.14. The molecule has 4 aliphatic carbocycles. The molecule has 5 atom stereocenters. The van der Waals surface area contributed by atoms with Crippen LogP contribution in [0, 0.1) is 29.1 Å². The van der Waals surface area contributed by atoms with Crippen LogP contribution in [-0.2, 0) is 4.79 Å². The number of hydrogen-bond donors (Lipinski definition) is 0. The minimum atomic E-state index is -0.0197. The van der Waals surface area contributed by atoms with E-state index in [1.807, 2.05) is 0 Å². The molecule has 0 N–H and O–H groups in total. The maximum Gasteiger partial charge on any atom is 0.139 e. The summed E-state index contributed by atoms with van der Waals surface area (Å²) in [4.78, 5) is 12.6. The Morgan fingerprint density at radius 1 is 1.29 bits per heavy atom. The zero-order valence-corrected chi connectivity index (χ0v) is 13.4. The topological polar surface area (TPSA) is 17.1 Å². The van der Waals surface area contributed by atoms with Crippen molar-refractivity contribution in [2.24, 2.45) is 29.1 Å². The van der Waals surface area contributed by atoms with Crippen LogP contribution < -0.4 is 0 Å². The van der Waals surface area contributed by atoms with Gasteiger partial charge >= 0.3 is 0 Å². The summed E-state index contributed by atoms with van der Waals surface area (Å²) in [5.74, 6) is 3.43. The molecule has 0 amide bonds. The van der Waals surface area contributed by atoms with E-state index >= 15 is 0 Å². The van der Waals surface area contributed by atoms with Gasteiger partial charge in [0.2, 0.25) is 0 Å². The summed E-state index contributed by atoms with van der Waals surface area (Å²) in [7, 11) is 0. The molecule has 0 saturated heterocycles. The van der Waals surface area contributed by atoms with Gasteiger partial charge in [0, 0.05) is 11.8 Å². The molecular weight excluding hydrogens is 256 g/mol. The lowest BCUT2D eigenvalue weighted by Crippen LogP contribution is -2.48. The summed E-state index contributed by atoms with van der Waals surface area (Å²) in [6, 6.07) is 0. The van der Waals surface area contributed by atoms with Crippen LogP contribution in [0.1, 0.15) is 64.7 Å². The number of rotatable bonds is 1. The fourth-order valence-electron chi connectivity index (χ4n) is 6.49. The molecule has 21 heavy (non-hydrogen) atoms. The van der Waals surface area contributed by atoms with Gasteiger partial charge in [-0.3, -0.25) is 4.79 Å². The summed E-state index contributed by atoms with van der Waals surface area (Å²) in [6.07, 6.45) is 13.2. The molecule has 3 fully saturated rings. The maximum absolute atomic E-state index is 12.6. The zero-order chi connectivity index (χ0) is 14.6. The monoisotopic (exact) mass is 284 g/mol. The molecule has 3 saturated carbocycles. The number of carbonyl (C=O) groups is 1. The molecule has 114 valence electrons. The fraction of sp³-hybridized carbons (Fsp3) is 0.750. The highest BCUT2D eigenvalue weighted by Crippen LogP contribution is 2.63. The summed E-state index contributed by atoms with van der Waals surface area (Å²) in [5, 5.41) is 0. The molecule has 0 aromatic carbocycles. The fourth-order valence-corrected chi connectivity index (χ4v) is 6.49. The van der Waals surface area contributed by atoms with Crippen molar-refractivity contribution in [3.05, 3.63) is 23.8 Å². The Morgan fingerprint density at radius 2 is 2.14 bits per heavy atom. The molecule has 0 radical (unpaired) electrons. The van der Waals surface area contributed by atoms with E-state index in [0.717, 1.165) is 37.5 Å². The maximum atomic E-state index is 12.6. The highest BCUT2D eigenvalue weighted by molar-refractivity contribution is 5.88. The second-order valence-electron chi connectivity index (χ2n) is 7.96. The quantitative estimate of drug-likeness (QED) is 0.614. The normalized spacial score (nSPS) is 45.7. The summed E-state index contributed by atoms with van der Waals surface area (Å²) >= 11 is 0. The molecule has 0 bridgehead atoms. The molecule has 1 nitrogen and oxygen atoms in total. The lowest BCUT2D eigenvalue weighted by Gasteiger charge is -2.54. The van der Waals surface area contributed by atoms with Gasteiger partial charge in [-0.2, -0.15) is 0 Å². The molecule has 1 heteroatoms. The van der Waals surface area contributed by atoms with E-state index in [-0.39, 0.29) is 5.41 Å². The van der Waals surface area contributed by atoms with Crippen molar-refractivity contribution in [2.75, 3.05) is 0 Å². The first kappa shape index (κ1) is 13.8. The molecule has 0 aliphatic heterocycles. The van der Waals surface area contributed by atoms with Gasteiger partial charge in [-0.25, -0.2) is 0 Å². The Balaban J connectivity index is 1.72. The summed E-state index contributed by atoms with van der Waals surface area (Å²) in [6.45, 7) is 6.73. The first-order chi connectivity index (χ1) is 10.2. The van der Waals surface area contributed by atoms with Gasteiger partial charge in [0.25, 0.3) is 0 Å². The van der Waals surface area contributed by atoms with Crippen molar-refractivity contribution in [1.29, 1.82) is 0 Å². The minimum Gasteiger partial charge on any atom is -0.299 e. The van der Waals surface area contributed by atoms with Crippen LogP contribution in [-0.4, -0.2) is 5.78 Å². The Bertz CT molecular complexity index is 514. The van der Waals surface area contributed by atoms with E-state index in [1.54, 1.807) is 5.57 Å². The van der Waals surface area contributed by atoms with Crippen molar-refractivity contribution in [2.45, 2.75) is 64.7 Å². The highest BCUT2D eigenvalue weighted by Gasteiger charge is 2.58. The van der Waals surface area contributed by atoms with E-state index in [0.29, 0.717) is 17.6 Å². The first-order valence-electron chi connectivity index (χ1n) is 9.07. The number of ketones is 1. The number of Topliss-reactive ketones (excluding diaryl/α,β-unsaturated/α-hetero) is 1. The van der Waals surface area contributed by atoms with Crippen LogP contribution in [0.4, 0.5) is 0 Å². The third-order valence-electron chi connectivity index (χ3n) is 7.37. The van der Waals surface area contributed by atoms with Gasteiger partial charge in [-0.05, 0) is 75.0 Å². The van der Waals surface area contributed by atoms with Gasteiger partial charge in [0.1, 0.15) is 5.78 Å². The SMILES string of the molecule is C=C1C[C@]2(CC)C(=O)CC[C@@H]2[C@@H]2CCC3=CCCC[C@H]3[C@@H]12. The third kappa shape index (κ3) is 1.79. The van der Waals surface area contributed by atoms with Gasteiger partial charge in [-0.15, -0.1) is 0 Å². The Morgan fingerprint density at radius 3 is 2.95 bits per heavy atom. The van der Waals surface area contributed by atoms with E-state index in [1.165, 1.54) is 37.7 Å². The van der Waals surface area contributed by atoms with Crippen molar-refractivity contribution >= 4 is 5.78 Å². The van der Waals surface area contributed by atoms with Crippen LogP contribution in [0.25, 0.3) is 0 Å². The lowest BCUT2D eigenvalue weighted by molar-refractivity contribution is -0.130.